The van der Waals surface area contributed by atoms with Crippen LogP contribution in [0.15, 0.2) is 88.9 Å². The summed E-state index contributed by atoms with van der Waals surface area (Å²) in [6, 6.07) is 16.6. The van der Waals surface area contributed by atoms with E-state index in [4.69, 9.17) is 0 Å². The molecule has 2 atom stereocenters. The van der Waals surface area contributed by atoms with E-state index in [1.165, 1.54) is 4.31 Å². The third-order valence-corrected chi connectivity index (χ3v) is 8.91. The van der Waals surface area contributed by atoms with Gasteiger partial charge in [-0.2, -0.15) is 4.31 Å². The molecule has 0 bridgehead atoms. The third kappa shape index (κ3) is 4.86. The number of rotatable bonds is 6. The fraction of sp³-hybridized carbons (Fsp3) is 0.345. The normalized spacial score (nSPS) is 22.9. The van der Waals surface area contributed by atoms with Gasteiger partial charge in [-0.05, 0) is 73.8 Å². The van der Waals surface area contributed by atoms with Crippen LogP contribution in [-0.4, -0.2) is 31.6 Å². The predicted molar refractivity (Wildman–Crippen MR) is 138 cm³/mol. The number of benzene rings is 2. The largest absolute Gasteiger partial charge is 0.289 e. The van der Waals surface area contributed by atoms with Crippen LogP contribution in [0.1, 0.15) is 44.2 Å². The number of allylic oxidation sites excluding steroid dienone is 4. The van der Waals surface area contributed by atoms with Gasteiger partial charge in [-0.25, -0.2) is 8.42 Å². The van der Waals surface area contributed by atoms with E-state index in [0.717, 1.165) is 47.1 Å². The quantitative estimate of drug-likeness (QED) is 0.383. The van der Waals surface area contributed by atoms with Crippen molar-refractivity contribution >= 4 is 21.4 Å². The fourth-order valence-corrected chi connectivity index (χ4v) is 6.42. The monoisotopic (exact) mass is 475 g/mol. The van der Waals surface area contributed by atoms with Crippen LogP contribution in [0, 0.1) is 18.8 Å². The Balaban J connectivity index is 1.72. The maximum absolute atomic E-state index is 13.9. The fourth-order valence-electron chi connectivity index (χ4n) is 4.91. The van der Waals surface area contributed by atoms with E-state index in [-0.39, 0.29) is 18.2 Å². The zero-order valence-corrected chi connectivity index (χ0v) is 21.1. The van der Waals surface area contributed by atoms with Crippen LogP contribution in [0.25, 0.3) is 5.57 Å². The summed E-state index contributed by atoms with van der Waals surface area (Å²) >= 11 is 0. The van der Waals surface area contributed by atoms with Crippen LogP contribution in [0.2, 0.25) is 0 Å². The molecule has 4 nitrogen and oxygen atoms in total. The Kier molecular flexibility index (Phi) is 7.06. The van der Waals surface area contributed by atoms with Crippen LogP contribution in [0.3, 0.4) is 0 Å². The molecule has 0 saturated carbocycles. The first-order valence-corrected chi connectivity index (χ1v) is 13.4. The topological polar surface area (TPSA) is 54.5 Å². The van der Waals surface area contributed by atoms with Gasteiger partial charge in [0.05, 0.1) is 4.90 Å². The first-order valence-electron chi connectivity index (χ1n) is 11.9. The van der Waals surface area contributed by atoms with Crippen molar-refractivity contribution in [2.45, 2.75) is 44.9 Å². The van der Waals surface area contributed by atoms with Crippen molar-refractivity contribution in [1.82, 2.24) is 4.31 Å². The number of nitrogens with zero attached hydrogens (tertiary/aromatic N) is 1. The molecule has 34 heavy (non-hydrogen) atoms. The van der Waals surface area contributed by atoms with E-state index >= 15 is 0 Å². The number of hydrogen-bond donors (Lipinski definition) is 0. The summed E-state index contributed by atoms with van der Waals surface area (Å²) < 4.78 is 28.2. The van der Waals surface area contributed by atoms with Gasteiger partial charge in [0.25, 0.3) is 0 Å². The van der Waals surface area contributed by atoms with Gasteiger partial charge in [0.2, 0.25) is 10.0 Å². The minimum absolute atomic E-state index is 0.0304. The molecule has 4 rings (SSSR count). The van der Waals surface area contributed by atoms with Gasteiger partial charge in [-0.3, -0.25) is 4.79 Å². The lowest BCUT2D eigenvalue weighted by molar-refractivity contribution is -0.110. The van der Waals surface area contributed by atoms with E-state index in [1.807, 2.05) is 63.2 Å². The molecule has 0 radical (unpaired) electrons. The summed E-state index contributed by atoms with van der Waals surface area (Å²) in [7, 11) is -3.64. The molecule has 2 aromatic carbocycles. The first-order chi connectivity index (χ1) is 16.2. The first kappa shape index (κ1) is 24.4. The Bertz CT molecular complexity index is 1250. The summed E-state index contributed by atoms with van der Waals surface area (Å²) in [5, 5.41) is 0. The minimum atomic E-state index is -3.64. The van der Waals surface area contributed by atoms with Crippen LogP contribution >= 0.6 is 0 Å². The minimum Gasteiger partial charge on any atom is -0.289 e. The Morgan fingerprint density at radius 2 is 1.74 bits per heavy atom. The van der Waals surface area contributed by atoms with Gasteiger partial charge in [0, 0.05) is 18.7 Å². The van der Waals surface area contributed by atoms with Gasteiger partial charge in [-0.1, -0.05) is 73.2 Å². The summed E-state index contributed by atoms with van der Waals surface area (Å²) in [4.78, 5) is 14.1. The van der Waals surface area contributed by atoms with E-state index < -0.39 is 10.0 Å². The third-order valence-electron chi connectivity index (χ3n) is 7.09. The van der Waals surface area contributed by atoms with E-state index in [2.05, 4.69) is 12.7 Å². The van der Waals surface area contributed by atoms with Gasteiger partial charge >= 0.3 is 0 Å². The standard InChI is InChI=1S/C29H33NO3S/c1-20(2)23-12-14-25(15-13-23)29(31)28(24-8-6-5-7-9-24)27-19-30(18-22(27)4)34(32,33)26-16-10-21(3)11-17-26/h5-11,14,16-17,22-23H,1,12-13,15,18-19H2,2-4H3/b28-27-/t22-,23-/m1/s1. The number of carbonyl (C=O) groups is 1. The van der Waals surface area contributed by atoms with Crippen LogP contribution < -0.4 is 0 Å². The number of carbonyl (C=O) groups excluding carboxylic acids is 1. The van der Waals surface area contributed by atoms with Crippen molar-refractivity contribution in [3.05, 3.63) is 95.1 Å². The van der Waals surface area contributed by atoms with Crippen molar-refractivity contribution in [3.63, 3.8) is 0 Å². The molecule has 1 fully saturated rings. The number of ketones is 1. The second-order valence-corrected chi connectivity index (χ2v) is 11.6. The zero-order chi connectivity index (χ0) is 24.5. The lowest BCUT2D eigenvalue weighted by Gasteiger charge is -2.23. The highest BCUT2D eigenvalue weighted by Gasteiger charge is 2.37. The Morgan fingerprint density at radius 3 is 2.32 bits per heavy atom. The Hall–Kier alpha value is -2.76. The molecule has 0 N–H and O–H groups in total. The SMILES string of the molecule is C=C(C)[C@@H]1CC=C(C(=O)/C(=C2/CN(S(=O)(=O)c3ccc(C)cc3)C[C@H]2C)c2ccccc2)CC1. The van der Waals surface area contributed by atoms with E-state index in [9.17, 15) is 13.2 Å². The number of aryl methyl sites for hydroxylation is 1. The molecule has 2 aromatic rings. The summed E-state index contributed by atoms with van der Waals surface area (Å²) in [5.41, 5.74) is 5.42. The highest BCUT2D eigenvalue weighted by molar-refractivity contribution is 7.89. The van der Waals surface area contributed by atoms with Crippen molar-refractivity contribution in [2.75, 3.05) is 13.1 Å². The zero-order valence-electron chi connectivity index (χ0n) is 20.3. The molecule has 0 aromatic heterocycles. The maximum Gasteiger partial charge on any atom is 0.243 e. The number of hydrogen-bond acceptors (Lipinski definition) is 3. The van der Waals surface area contributed by atoms with E-state index in [1.54, 1.807) is 12.1 Å². The second kappa shape index (κ2) is 9.85. The molecule has 5 heteroatoms. The van der Waals surface area contributed by atoms with Crippen molar-refractivity contribution in [3.8, 4) is 0 Å². The predicted octanol–water partition coefficient (Wildman–Crippen LogP) is 5.96. The average Bonchev–Trinajstić information content (AvgIpc) is 3.22. The van der Waals surface area contributed by atoms with Gasteiger partial charge in [0.1, 0.15) is 0 Å². The maximum atomic E-state index is 13.9. The van der Waals surface area contributed by atoms with E-state index in [0.29, 0.717) is 22.9 Å². The smallest absolute Gasteiger partial charge is 0.243 e. The lowest BCUT2D eigenvalue weighted by atomic mass is 9.81. The molecule has 1 heterocycles. The molecular weight excluding hydrogens is 442 g/mol. The number of Topliss-reactive ketones (excluding diaryl/α,β-unsaturated/α-hetero) is 1. The number of sulfonamides is 1. The Morgan fingerprint density at radius 1 is 1.06 bits per heavy atom. The van der Waals surface area contributed by atoms with Gasteiger partial charge < -0.3 is 0 Å². The van der Waals surface area contributed by atoms with Crippen molar-refractivity contribution in [2.24, 2.45) is 11.8 Å². The van der Waals surface area contributed by atoms with Crippen LogP contribution in [-0.2, 0) is 14.8 Å². The van der Waals surface area contributed by atoms with Crippen LogP contribution in [0.5, 0.6) is 0 Å². The molecule has 1 aliphatic carbocycles. The summed E-state index contributed by atoms with van der Waals surface area (Å²) in [6.07, 6.45) is 4.54. The Labute approximate surface area is 203 Å². The molecule has 1 aliphatic heterocycles. The summed E-state index contributed by atoms with van der Waals surface area (Å²) in [6.45, 7) is 10.7. The molecule has 0 spiro atoms. The summed E-state index contributed by atoms with van der Waals surface area (Å²) in [5.74, 6) is 0.402. The highest BCUT2D eigenvalue weighted by atomic mass is 32.2. The molecule has 1 saturated heterocycles. The van der Waals surface area contributed by atoms with Gasteiger partial charge in [-0.15, -0.1) is 0 Å². The van der Waals surface area contributed by atoms with Crippen LogP contribution in [0.4, 0.5) is 0 Å². The molecule has 178 valence electrons. The molecule has 0 unspecified atom stereocenters. The average molecular weight is 476 g/mol. The lowest BCUT2D eigenvalue weighted by Crippen LogP contribution is -2.28. The molecule has 2 aliphatic rings. The second-order valence-electron chi connectivity index (χ2n) is 9.65. The highest BCUT2D eigenvalue weighted by Crippen LogP contribution is 2.37. The van der Waals surface area contributed by atoms with Crippen molar-refractivity contribution in [1.29, 1.82) is 0 Å². The van der Waals surface area contributed by atoms with Gasteiger partial charge in [0.15, 0.2) is 5.78 Å². The molecule has 0 amide bonds. The molecular formula is C29H33NO3S. The van der Waals surface area contributed by atoms with Crippen molar-refractivity contribution < 1.29 is 13.2 Å².